The average molecular weight is 339 g/mol. The van der Waals surface area contributed by atoms with Crippen LogP contribution in [-0.4, -0.2) is 47.4 Å². The van der Waals surface area contributed by atoms with E-state index < -0.39 is 20.2 Å². The van der Waals surface area contributed by atoms with E-state index in [2.05, 4.69) is 24.3 Å². The molecule has 0 bridgehead atoms. The molecule has 0 aliphatic rings. The van der Waals surface area contributed by atoms with Gasteiger partial charge in [-0.05, 0) is 12.8 Å². The van der Waals surface area contributed by atoms with Gasteiger partial charge in [-0.1, -0.05) is 15.9 Å². The van der Waals surface area contributed by atoms with Gasteiger partial charge in [-0.3, -0.25) is 8.37 Å². The van der Waals surface area contributed by atoms with Crippen molar-refractivity contribution in [3.8, 4) is 0 Å². The molecule has 0 rings (SSSR count). The molecule has 98 valence electrons. The second-order valence-electron chi connectivity index (χ2n) is 3.01. The molecular formula is C7H15BrO6S2. The summed E-state index contributed by atoms with van der Waals surface area (Å²) in [6.07, 6.45) is 1.82. The molecule has 6 nitrogen and oxygen atoms in total. The average Bonchev–Trinajstić information content (AvgIpc) is 2.09. The third kappa shape index (κ3) is 10.8. The maximum Gasteiger partial charge on any atom is 0.268 e. The van der Waals surface area contributed by atoms with Crippen LogP contribution in [0.3, 0.4) is 0 Å². The number of rotatable bonds is 9. The number of hydrogen-bond donors (Lipinski definition) is 0. The van der Waals surface area contributed by atoms with E-state index in [0.29, 0.717) is 18.2 Å². The molecule has 0 saturated carbocycles. The first-order chi connectivity index (χ1) is 7.27. The molecule has 9 heteroatoms. The Morgan fingerprint density at radius 3 is 1.94 bits per heavy atom. The van der Waals surface area contributed by atoms with E-state index in [4.69, 9.17) is 0 Å². The van der Waals surface area contributed by atoms with E-state index in [-0.39, 0.29) is 19.0 Å². The van der Waals surface area contributed by atoms with Crippen LogP contribution in [0.4, 0.5) is 0 Å². The van der Waals surface area contributed by atoms with E-state index in [9.17, 15) is 16.8 Å². The van der Waals surface area contributed by atoms with Gasteiger partial charge in [0.05, 0.1) is 25.2 Å². The van der Waals surface area contributed by atoms with Crippen LogP contribution in [0.2, 0.25) is 0 Å². The first-order valence-corrected chi connectivity index (χ1v) is 9.06. The van der Waals surface area contributed by atoms with Crippen molar-refractivity contribution in [2.75, 3.05) is 30.6 Å². The lowest BCUT2D eigenvalue weighted by atomic mass is 10.3. The molecule has 16 heavy (non-hydrogen) atoms. The van der Waals surface area contributed by atoms with Gasteiger partial charge in [0, 0.05) is 5.33 Å². The van der Waals surface area contributed by atoms with Crippen LogP contribution in [-0.2, 0) is 28.6 Å². The molecule has 0 N–H and O–H groups in total. The number of unbranched alkanes of at least 4 members (excludes halogenated alkanes) is 1. The smallest absolute Gasteiger partial charge is 0.268 e. The third-order valence-corrected chi connectivity index (χ3v) is 4.17. The van der Waals surface area contributed by atoms with Crippen LogP contribution in [0.5, 0.6) is 0 Å². The Kier molecular flexibility index (Phi) is 7.73. The third-order valence-electron chi connectivity index (χ3n) is 1.43. The largest absolute Gasteiger partial charge is 0.270 e. The summed E-state index contributed by atoms with van der Waals surface area (Å²) in [5.41, 5.74) is 0. The van der Waals surface area contributed by atoms with Crippen molar-refractivity contribution in [1.82, 2.24) is 0 Å². The SMILES string of the molecule is CS(=O)(=O)OCCCCOS(=O)(=O)CCBr. The maximum atomic E-state index is 11.0. The Morgan fingerprint density at radius 2 is 1.50 bits per heavy atom. The summed E-state index contributed by atoms with van der Waals surface area (Å²) in [7, 11) is -6.87. The van der Waals surface area contributed by atoms with Crippen LogP contribution < -0.4 is 0 Å². The summed E-state index contributed by atoms with van der Waals surface area (Å²) in [4.78, 5) is 0. The van der Waals surface area contributed by atoms with Crippen molar-refractivity contribution in [2.24, 2.45) is 0 Å². The fraction of sp³-hybridized carbons (Fsp3) is 1.00. The summed E-state index contributed by atoms with van der Waals surface area (Å²) in [5, 5.41) is 0.326. The van der Waals surface area contributed by atoms with Crippen LogP contribution in [0.25, 0.3) is 0 Å². The minimum atomic E-state index is -3.45. The first-order valence-electron chi connectivity index (χ1n) is 4.54. The number of alkyl halides is 1. The Morgan fingerprint density at radius 1 is 1.00 bits per heavy atom. The summed E-state index contributed by atoms with van der Waals surface area (Å²) < 4.78 is 52.3. The van der Waals surface area contributed by atoms with Crippen molar-refractivity contribution in [1.29, 1.82) is 0 Å². The van der Waals surface area contributed by atoms with Crippen molar-refractivity contribution < 1.29 is 25.2 Å². The molecule has 0 fully saturated rings. The van der Waals surface area contributed by atoms with Crippen molar-refractivity contribution in [3.05, 3.63) is 0 Å². The second kappa shape index (κ2) is 7.59. The number of halogens is 1. The van der Waals surface area contributed by atoms with Gasteiger partial charge < -0.3 is 0 Å². The van der Waals surface area contributed by atoms with E-state index in [1.807, 2.05) is 0 Å². The Labute approximate surface area is 105 Å². The summed E-state index contributed by atoms with van der Waals surface area (Å²) in [6.45, 7) is 0.0864. The van der Waals surface area contributed by atoms with E-state index in [1.54, 1.807) is 0 Å². The monoisotopic (exact) mass is 338 g/mol. The highest BCUT2D eigenvalue weighted by atomic mass is 79.9. The van der Waals surface area contributed by atoms with Crippen molar-refractivity contribution in [2.45, 2.75) is 12.8 Å². The topological polar surface area (TPSA) is 86.7 Å². The maximum absolute atomic E-state index is 11.0. The van der Waals surface area contributed by atoms with E-state index in [1.165, 1.54) is 0 Å². The molecule has 0 aliphatic carbocycles. The molecule has 0 aliphatic heterocycles. The minimum absolute atomic E-state index is 0.0423. The number of hydrogen-bond acceptors (Lipinski definition) is 6. The zero-order chi connectivity index (χ0) is 12.7. The Hall–Kier alpha value is 0.300. The van der Waals surface area contributed by atoms with Gasteiger partial charge in [-0.25, -0.2) is 0 Å². The predicted molar refractivity (Wildman–Crippen MR) is 63.6 cm³/mol. The molecule has 0 aromatic rings. The Bertz CT molecular complexity index is 374. The van der Waals surface area contributed by atoms with Crippen molar-refractivity contribution >= 4 is 36.2 Å². The van der Waals surface area contributed by atoms with Gasteiger partial charge in [0.15, 0.2) is 0 Å². The Balaban J connectivity index is 3.55. The van der Waals surface area contributed by atoms with Gasteiger partial charge in [0.1, 0.15) is 0 Å². The minimum Gasteiger partial charge on any atom is -0.270 e. The molecule has 0 atom stereocenters. The molecule has 0 radical (unpaired) electrons. The van der Waals surface area contributed by atoms with E-state index >= 15 is 0 Å². The van der Waals surface area contributed by atoms with Crippen LogP contribution in [0.15, 0.2) is 0 Å². The van der Waals surface area contributed by atoms with Crippen molar-refractivity contribution in [3.63, 3.8) is 0 Å². The molecule has 0 aromatic carbocycles. The predicted octanol–water partition coefficient (Wildman–Crippen LogP) is 0.484. The molecule has 0 aromatic heterocycles. The van der Waals surface area contributed by atoms with E-state index in [0.717, 1.165) is 6.26 Å². The lowest BCUT2D eigenvalue weighted by molar-refractivity contribution is 0.272. The molecule has 0 amide bonds. The normalized spacial score (nSPS) is 12.9. The highest BCUT2D eigenvalue weighted by Crippen LogP contribution is 2.00. The molecule has 0 spiro atoms. The van der Waals surface area contributed by atoms with Crippen LogP contribution in [0, 0.1) is 0 Å². The van der Waals surface area contributed by atoms with Gasteiger partial charge in [-0.15, -0.1) is 0 Å². The standard InChI is InChI=1S/C7H15BrO6S2/c1-15(9,10)13-5-2-3-6-14-16(11,12)7-4-8/h2-7H2,1H3. The second-order valence-corrected chi connectivity index (χ2v) is 7.20. The zero-order valence-corrected chi connectivity index (χ0v) is 12.1. The lowest BCUT2D eigenvalue weighted by Gasteiger charge is -2.04. The van der Waals surface area contributed by atoms with Crippen LogP contribution in [0.1, 0.15) is 12.8 Å². The molecule has 0 unspecified atom stereocenters. The zero-order valence-electron chi connectivity index (χ0n) is 8.89. The first kappa shape index (κ1) is 16.3. The molecule has 0 saturated heterocycles. The van der Waals surface area contributed by atoms with Crippen LogP contribution >= 0.6 is 15.9 Å². The highest BCUT2D eigenvalue weighted by molar-refractivity contribution is 9.09. The van der Waals surface area contributed by atoms with Gasteiger partial charge in [0.25, 0.3) is 20.2 Å². The van der Waals surface area contributed by atoms with Gasteiger partial charge in [0.2, 0.25) is 0 Å². The summed E-state index contributed by atoms with van der Waals surface area (Å²) >= 11 is 3.00. The quantitative estimate of drug-likeness (QED) is 0.345. The van der Waals surface area contributed by atoms with Gasteiger partial charge in [-0.2, -0.15) is 16.8 Å². The molecular weight excluding hydrogens is 324 g/mol. The molecule has 0 heterocycles. The highest BCUT2D eigenvalue weighted by Gasteiger charge is 2.09. The summed E-state index contributed by atoms with van der Waals surface area (Å²) in [5.74, 6) is -0.0765. The fourth-order valence-corrected chi connectivity index (χ4v) is 3.04. The lowest BCUT2D eigenvalue weighted by Crippen LogP contribution is -2.13. The summed E-state index contributed by atoms with van der Waals surface area (Å²) in [6, 6.07) is 0. The van der Waals surface area contributed by atoms with Gasteiger partial charge >= 0.3 is 0 Å². The fourth-order valence-electron chi connectivity index (χ4n) is 0.754.